The zero-order valence-corrected chi connectivity index (χ0v) is 12.4. The van der Waals surface area contributed by atoms with Crippen LogP contribution in [0.3, 0.4) is 0 Å². The van der Waals surface area contributed by atoms with Gasteiger partial charge in [0.05, 0.1) is 31.3 Å². The number of carboxylic acid groups (broad SMARTS) is 1. The third-order valence-corrected chi connectivity index (χ3v) is 4.16. The Balaban J connectivity index is 1.80. The van der Waals surface area contributed by atoms with Gasteiger partial charge in [-0.15, -0.1) is 0 Å². The highest BCUT2D eigenvalue weighted by molar-refractivity contribution is 5.79. The molecule has 2 rings (SSSR count). The second-order valence-corrected chi connectivity index (χ2v) is 5.94. The molecule has 1 amide bonds. The predicted octanol–water partition coefficient (Wildman–Crippen LogP) is -0.609. The number of amides is 1. The molecule has 7 heteroatoms. The number of aliphatic carboxylic acids is 1. The normalized spacial score (nSPS) is 28.6. The summed E-state index contributed by atoms with van der Waals surface area (Å²) in [5.74, 6) is -1.06. The average Bonchev–Trinajstić information content (AvgIpc) is 2.46. The summed E-state index contributed by atoms with van der Waals surface area (Å²) in [5, 5.41) is 18.1. The molecule has 2 saturated heterocycles. The molecule has 2 atom stereocenters. The van der Waals surface area contributed by atoms with E-state index < -0.39 is 5.97 Å². The minimum absolute atomic E-state index is 0.00134. The monoisotopic (exact) mass is 300 g/mol. The molecule has 0 spiro atoms. The fraction of sp³-hybridized carbons (Fsp3) is 0.857. The standard InChI is InChI=1S/C14H24N2O5/c1-10-6-15(7-12(9-17)21-10)8-13(18)16-4-2-11(3-5-16)14(19)20/h10-12,17H,2-9H2,1H3,(H,19,20). The lowest BCUT2D eigenvalue weighted by Gasteiger charge is -2.37. The van der Waals surface area contributed by atoms with Gasteiger partial charge >= 0.3 is 5.97 Å². The van der Waals surface area contributed by atoms with Crippen molar-refractivity contribution >= 4 is 11.9 Å². The van der Waals surface area contributed by atoms with Crippen LogP contribution in [0.1, 0.15) is 19.8 Å². The molecule has 0 aromatic heterocycles. The molecule has 0 saturated carbocycles. The molecule has 2 aliphatic rings. The van der Waals surface area contributed by atoms with Gasteiger partial charge in [0.2, 0.25) is 5.91 Å². The van der Waals surface area contributed by atoms with Crippen molar-refractivity contribution in [3.05, 3.63) is 0 Å². The van der Waals surface area contributed by atoms with Gasteiger partial charge in [-0.3, -0.25) is 14.5 Å². The quantitative estimate of drug-likeness (QED) is 0.720. The molecular weight excluding hydrogens is 276 g/mol. The lowest BCUT2D eigenvalue weighted by atomic mass is 9.97. The first-order valence-electron chi connectivity index (χ1n) is 7.49. The van der Waals surface area contributed by atoms with Crippen LogP contribution in [-0.4, -0.2) is 83.4 Å². The first kappa shape index (κ1) is 16.2. The summed E-state index contributed by atoms with van der Waals surface area (Å²) in [7, 11) is 0. The molecule has 0 bridgehead atoms. The zero-order chi connectivity index (χ0) is 15.4. The van der Waals surface area contributed by atoms with E-state index in [2.05, 4.69) is 0 Å². The Morgan fingerprint density at radius 3 is 2.48 bits per heavy atom. The third kappa shape index (κ3) is 4.39. The van der Waals surface area contributed by atoms with E-state index in [0.29, 0.717) is 45.6 Å². The van der Waals surface area contributed by atoms with Gasteiger partial charge in [-0.25, -0.2) is 0 Å². The van der Waals surface area contributed by atoms with Crippen LogP contribution in [0.5, 0.6) is 0 Å². The van der Waals surface area contributed by atoms with Gasteiger partial charge in [-0.05, 0) is 19.8 Å². The fourth-order valence-electron chi connectivity index (χ4n) is 3.04. The molecule has 0 aromatic rings. The number of hydrogen-bond acceptors (Lipinski definition) is 5. The highest BCUT2D eigenvalue weighted by Gasteiger charge is 2.30. The van der Waals surface area contributed by atoms with E-state index in [0.717, 1.165) is 0 Å². The van der Waals surface area contributed by atoms with E-state index in [1.165, 1.54) is 0 Å². The average molecular weight is 300 g/mol. The molecular formula is C14H24N2O5. The highest BCUT2D eigenvalue weighted by atomic mass is 16.5. The van der Waals surface area contributed by atoms with Crippen LogP contribution in [0.2, 0.25) is 0 Å². The van der Waals surface area contributed by atoms with Gasteiger partial charge in [-0.1, -0.05) is 0 Å². The molecule has 0 aliphatic carbocycles. The van der Waals surface area contributed by atoms with Crippen molar-refractivity contribution in [2.45, 2.75) is 32.0 Å². The molecule has 2 aliphatic heterocycles. The second-order valence-electron chi connectivity index (χ2n) is 5.94. The first-order chi connectivity index (χ1) is 9.99. The van der Waals surface area contributed by atoms with Crippen molar-refractivity contribution in [2.75, 3.05) is 39.3 Å². The van der Waals surface area contributed by atoms with Crippen LogP contribution in [0.4, 0.5) is 0 Å². The van der Waals surface area contributed by atoms with E-state index in [1.54, 1.807) is 4.90 Å². The largest absolute Gasteiger partial charge is 0.481 e. The Morgan fingerprint density at radius 1 is 1.24 bits per heavy atom. The van der Waals surface area contributed by atoms with Gasteiger partial charge < -0.3 is 19.8 Å². The maximum atomic E-state index is 12.3. The van der Waals surface area contributed by atoms with E-state index in [-0.39, 0.29) is 30.6 Å². The number of hydrogen-bond donors (Lipinski definition) is 2. The number of aliphatic hydroxyl groups excluding tert-OH is 1. The van der Waals surface area contributed by atoms with E-state index >= 15 is 0 Å². The molecule has 0 radical (unpaired) electrons. The maximum Gasteiger partial charge on any atom is 0.306 e. The molecule has 2 heterocycles. The highest BCUT2D eigenvalue weighted by Crippen LogP contribution is 2.18. The molecule has 7 nitrogen and oxygen atoms in total. The number of aliphatic hydroxyl groups is 1. The fourth-order valence-corrected chi connectivity index (χ4v) is 3.04. The SMILES string of the molecule is CC1CN(CC(=O)N2CCC(C(=O)O)CC2)CC(CO)O1. The smallest absolute Gasteiger partial charge is 0.306 e. The van der Waals surface area contributed by atoms with Crippen molar-refractivity contribution in [1.29, 1.82) is 0 Å². The summed E-state index contributed by atoms with van der Waals surface area (Å²) in [5.41, 5.74) is 0. The van der Waals surface area contributed by atoms with Crippen LogP contribution in [0, 0.1) is 5.92 Å². The zero-order valence-electron chi connectivity index (χ0n) is 12.4. The summed E-state index contributed by atoms with van der Waals surface area (Å²) >= 11 is 0. The number of nitrogens with zero attached hydrogens (tertiary/aromatic N) is 2. The predicted molar refractivity (Wildman–Crippen MR) is 74.8 cm³/mol. The van der Waals surface area contributed by atoms with Gasteiger partial charge in [0.15, 0.2) is 0 Å². The van der Waals surface area contributed by atoms with Crippen molar-refractivity contribution in [1.82, 2.24) is 9.80 Å². The summed E-state index contributed by atoms with van der Waals surface area (Å²) < 4.78 is 5.55. The van der Waals surface area contributed by atoms with Crippen molar-refractivity contribution in [3.8, 4) is 0 Å². The number of piperidine rings is 1. The van der Waals surface area contributed by atoms with Crippen LogP contribution in [0.25, 0.3) is 0 Å². The van der Waals surface area contributed by atoms with Crippen molar-refractivity contribution in [3.63, 3.8) is 0 Å². The number of carboxylic acids is 1. The summed E-state index contributed by atoms with van der Waals surface area (Å²) in [6, 6.07) is 0. The Morgan fingerprint density at radius 2 is 1.90 bits per heavy atom. The topological polar surface area (TPSA) is 90.3 Å². The molecule has 0 aromatic carbocycles. The van der Waals surface area contributed by atoms with Crippen LogP contribution >= 0.6 is 0 Å². The van der Waals surface area contributed by atoms with Gasteiger partial charge in [0.1, 0.15) is 0 Å². The molecule has 21 heavy (non-hydrogen) atoms. The number of morpholine rings is 1. The van der Waals surface area contributed by atoms with E-state index in [4.69, 9.17) is 9.84 Å². The first-order valence-corrected chi connectivity index (χ1v) is 7.49. The van der Waals surface area contributed by atoms with E-state index in [1.807, 2.05) is 11.8 Å². The molecule has 2 N–H and O–H groups in total. The maximum absolute atomic E-state index is 12.3. The third-order valence-electron chi connectivity index (χ3n) is 4.16. The van der Waals surface area contributed by atoms with Crippen LogP contribution in [-0.2, 0) is 14.3 Å². The summed E-state index contributed by atoms with van der Waals surface area (Å²) in [6.45, 7) is 4.45. The van der Waals surface area contributed by atoms with Gasteiger partial charge in [0.25, 0.3) is 0 Å². The summed E-state index contributed by atoms with van der Waals surface area (Å²) in [4.78, 5) is 26.9. The Labute approximate surface area is 124 Å². The number of likely N-dealkylation sites (tertiary alicyclic amines) is 1. The minimum Gasteiger partial charge on any atom is -0.481 e. The number of ether oxygens (including phenoxy) is 1. The van der Waals surface area contributed by atoms with Crippen LogP contribution in [0.15, 0.2) is 0 Å². The lowest BCUT2D eigenvalue weighted by Crippen LogP contribution is -2.52. The Bertz CT molecular complexity index is 382. The van der Waals surface area contributed by atoms with E-state index in [9.17, 15) is 14.7 Å². The van der Waals surface area contributed by atoms with Crippen molar-refractivity contribution in [2.24, 2.45) is 5.92 Å². The van der Waals surface area contributed by atoms with Gasteiger partial charge in [-0.2, -0.15) is 0 Å². The summed E-state index contributed by atoms with van der Waals surface area (Å²) in [6.07, 6.45) is 0.820. The minimum atomic E-state index is -0.769. The molecule has 120 valence electrons. The van der Waals surface area contributed by atoms with Crippen molar-refractivity contribution < 1.29 is 24.5 Å². The molecule has 2 fully saturated rings. The Kier molecular flexibility index (Phi) is 5.55. The number of rotatable bonds is 4. The molecule has 2 unspecified atom stereocenters. The van der Waals surface area contributed by atoms with Gasteiger partial charge in [0, 0.05) is 26.2 Å². The van der Waals surface area contributed by atoms with Crippen LogP contribution < -0.4 is 0 Å². The Hall–Kier alpha value is -1.18. The number of carbonyl (C=O) groups excluding carboxylic acids is 1. The lowest BCUT2D eigenvalue weighted by molar-refractivity contribution is -0.147. The second kappa shape index (κ2) is 7.20. The number of carbonyl (C=O) groups is 2.